The Labute approximate surface area is 126 Å². The van der Waals surface area contributed by atoms with Gasteiger partial charge in [0.1, 0.15) is 0 Å². The molecule has 0 bridgehead atoms. The first-order valence-electron chi connectivity index (χ1n) is 8.27. The van der Waals surface area contributed by atoms with Crippen LogP contribution in [0.1, 0.15) is 46.0 Å². The van der Waals surface area contributed by atoms with Gasteiger partial charge in [-0.15, -0.1) is 0 Å². The van der Waals surface area contributed by atoms with Crippen LogP contribution in [0.25, 0.3) is 0 Å². The Hall–Kier alpha value is -1.10. The van der Waals surface area contributed by atoms with Crippen LogP contribution in [0.15, 0.2) is 0 Å². The lowest BCUT2D eigenvalue weighted by Crippen LogP contribution is -2.61. The van der Waals surface area contributed by atoms with E-state index in [4.69, 9.17) is 4.74 Å². The Balaban J connectivity index is 1.79. The van der Waals surface area contributed by atoms with Crippen LogP contribution < -0.4 is 0 Å². The van der Waals surface area contributed by atoms with Gasteiger partial charge in [0.25, 0.3) is 5.91 Å². The molecule has 2 aliphatic heterocycles. The molecular formula is C16H26N2O3. The van der Waals surface area contributed by atoms with Crippen molar-refractivity contribution in [2.45, 2.75) is 57.6 Å². The number of carbonyl (C=O) groups is 2. The fourth-order valence-electron chi connectivity index (χ4n) is 3.50. The molecule has 0 aromatic carbocycles. The average Bonchev–Trinajstić information content (AvgIpc) is 3.30. The standard InChI is InChI=1S/C16H26N2O3/c1-12(2)18-8-4-3-7-16(15(18)20)11-17(9-10-21-16)14(19)13-5-6-13/h12-13H,3-11H2,1-2H3. The van der Waals surface area contributed by atoms with Crippen LogP contribution in [0.3, 0.4) is 0 Å². The maximum absolute atomic E-state index is 13.0. The third-order valence-corrected chi connectivity index (χ3v) is 4.93. The summed E-state index contributed by atoms with van der Waals surface area (Å²) in [5.41, 5.74) is -0.788. The second kappa shape index (κ2) is 5.59. The number of nitrogens with zero attached hydrogens (tertiary/aromatic N) is 2. The molecule has 118 valence electrons. The van der Waals surface area contributed by atoms with E-state index in [1.807, 2.05) is 23.6 Å². The second-order valence-electron chi connectivity index (χ2n) is 6.93. The molecule has 0 N–H and O–H groups in total. The molecule has 2 heterocycles. The van der Waals surface area contributed by atoms with Crippen molar-refractivity contribution in [3.8, 4) is 0 Å². The molecule has 1 saturated carbocycles. The maximum atomic E-state index is 13.0. The smallest absolute Gasteiger partial charge is 0.256 e. The summed E-state index contributed by atoms with van der Waals surface area (Å²) in [7, 11) is 0. The van der Waals surface area contributed by atoms with Crippen LogP contribution >= 0.6 is 0 Å². The van der Waals surface area contributed by atoms with Crippen molar-refractivity contribution >= 4 is 11.8 Å². The lowest BCUT2D eigenvalue weighted by Gasteiger charge is -2.43. The molecule has 1 spiro atoms. The first kappa shape index (κ1) is 14.8. The van der Waals surface area contributed by atoms with Gasteiger partial charge in [0.15, 0.2) is 5.60 Å². The van der Waals surface area contributed by atoms with E-state index < -0.39 is 5.60 Å². The number of carbonyl (C=O) groups excluding carboxylic acids is 2. The van der Waals surface area contributed by atoms with Gasteiger partial charge in [0.05, 0.1) is 13.2 Å². The molecule has 5 nitrogen and oxygen atoms in total. The van der Waals surface area contributed by atoms with E-state index in [0.717, 1.165) is 38.6 Å². The zero-order valence-corrected chi connectivity index (χ0v) is 13.1. The molecule has 1 unspecified atom stereocenters. The summed E-state index contributed by atoms with van der Waals surface area (Å²) in [6.07, 6.45) is 4.76. The molecule has 3 fully saturated rings. The Morgan fingerprint density at radius 1 is 1.29 bits per heavy atom. The van der Waals surface area contributed by atoms with Crippen LogP contribution in [-0.2, 0) is 14.3 Å². The van der Waals surface area contributed by atoms with E-state index in [1.54, 1.807) is 0 Å². The van der Waals surface area contributed by atoms with E-state index in [-0.39, 0.29) is 23.8 Å². The molecule has 5 heteroatoms. The molecule has 1 atom stereocenters. The summed E-state index contributed by atoms with van der Waals surface area (Å²) in [4.78, 5) is 29.1. The average molecular weight is 294 g/mol. The lowest BCUT2D eigenvalue weighted by molar-refractivity contribution is -0.175. The van der Waals surface area contributed by atoms with Gasteiger partial charge in [0.2, 0.25) is 5.91 Å². The topological polar surface area (TPSA) is 49.9 Å². The third-order valence-electron chi connectivity index (χ3n) is 4.93. The highest BCUT2D eigenvalue weighted by Gasteiger charge is 2.49. The normalized spacial score (nSPS) is 30.9. The van der Waals surface area contributed by atoms with E-state index in [1.165, 1.54) is 0 Å². The van der Waals surface area contributed by atoms with Gasteiger partial charge in [0, 0.05) is 25.0 Å². The summed E-state index contributed by atoms with van der Waals surface area (Å²) in [6, 6.07) is 0.186. The van der Waals surface area contributed by atoms with Crippen LogP contribution in [0, 0.1) is 5.92 Å². The number of rotatable bonds is 2. The number of ether oxygens (including phenoxy) is 1. The van der Waals surface area contributed by atoms with Crippen molar-refractivity contribution in [3.05, 3.63) is 0 Å². The van der Waals surface area contributed by atoms with Gasteiger partial charge in [-0.05, 0) is 46.0 Å². The molecule has 0 aromatic rings. The van der Waals surface area contributed by atoms with E-state index in [0.29, 0.717) is 19.7 Å². The molecule has 3 aliphatic rings. The number of likely N-dealkylation sites (tertiary alicyclic amines) is 1. The predicted octanol–water partition coefficient (Wildman–Crippen LogP) is 1.41. The molecule has 21 heavy (non-hydrogen) atoms. The molecular weight excluding hydrogens is 268 g/mol. The lowest BCUT2D eigenvalue weighted by atomic mass is 9.93. The van der Waals surface area contributed by atoms with Crippen molar-refractivity contribution in [3.63, 3.8) is 0 Å². The quantitative estimate of drug-likeness (QED) is 0.774. The zero-order chi connectivity index (χ0) is 15.0. The van der Waals surface area contributed by atoms with Crippen molar-refractivity contribution in [1.29, 1.82) is 0 Å². The Bertz CT molecular complexity index is 433. The summed E-state index contributed by atoms with van der Waals surface area (Å²) < 4.78 is 5.97. The summed E-state index contributed by atoms with van der Waals surface area (Å²) in [6.45, 7) is 6.46. The zero-order valence-electron chi connectivity index (χ0n) is 13.1. The van der Waals surface area contributed by atoms with Gasteiger partial charge in [-0.3, -0.25) is 9.59 Å². The van der Waals surface area contributed by atoms with Crippen molar-refractivity contribution < 1.29 is 14.3 Å². The number of amides is 2. The molecule has 0 radical (unpaired) electrons. The largest absolute Gasteiger partial charge is 0.361 e. The Morgan fingerprint density at radius 3 is 2.71 bits per heavy atom. The molecule has 2 amide bonds. The highest BCUT2D eigenvalue weighted by atomic mass is 16.5. The maximum Gasteiger partial charge on any atom is 0.256 e. The van der Waals surface area contributed by atoms with Crippen LogP contribution in [-0.4, -0.2) is 59.5 Å². The van der Waals surface area contributed by atoms with E-state index >= 15 is 0 Å². The van der Waals surface area contributed by atoms with Gasteiger partial charge in [-0.25, -0.2) is 0 Å². The summed E-state index contributed by atoms with van der Waals surface area (Å²) >= 11 is 0. The number of hydrogen-bond acceptors (Lipinski definition) is 3. The Kier molecular flexibility index (Phi) is 3.95. The fourth-order valence-corrected chi connectivity index (χ4v) is 3.50. The number of hydrogen-bond donors (Lipinski definition) is 0. The van der Waals surface area contributed by atoms with Gasteiger partial charge in [-0.2, -0.15) is 0 Å². The van der Waals surface area contributed by atoms with Crippen molar-refractivity contribution in [1.82, 2.24) is 9.80 Å². The highest BCUT2D eigenvalue weighted by Crippen LogP contribution is 2.35. The predicted molar refractivity (Wildman–Crippen MR) is 78.7 cm³/mol. The van der Waals surface area contributed by atoms with Gasteiger partial charge in [-0.1, -0.05) is 0 Å². The fraction of sp³-hybridized carbons (Fsp3) is 0.875. The second-order valence-corrected chi connectivity index (χ2v) is 6.93. The van der Waals surface area contributed by atoms with E-state index in [9.17, 15) is 9.59 Å². The van der Waals surface area contributed by atoms with Crippen LogP contribution in [0.4, 0.5) is 0 Å². The highest BCUT2D eigenvalue weighted by molar-refractivity contribution is 5.88. The van der Waals surface area contributed by atoms with Gasteiger partial charge >= 0.3 is 0 Å². The minimum absolute atomic E-state index is 0.0864. The molecule has 3 rings (SSSR count). The minimum Gasteiger partial charge on any atom is -0.361 e. The third kappa shape index (κ3) is 2.80. The van der Waals surface area contributed by atoms with Crippen molar-refractivity contribution in [2.75, 3.05) is 26.2 Å². The number of morpholine rings is 1. The van der Waals surface area contributed by atoms with Crippen LogP contribution in [0.5, 0.6) is 0 Å². The first-order valence-corrected chi connectivity index (χ1v) is 8.27. The SMILES string of the molecule is CC(C)N1CCCCC2(CN(C(=O)C3CC3)CCO2)C1=O. The van der Waals surface area contributed by atoms with Crippen LogP contribution in [0.2, 0.25) is 0 Å². The Morgan fingerprint density at radius 2 is 2.05 bits per heavy atom. The molecule has 0 aromatic heterocycles. The van der Waals surface area contributed by atoms with E-state index in [2.05, 4.69) is 0 Å². The monoisotopic (exact) mass is 294 g/mol. The summed E-state index contributed by atoms with van der Waals surface area (Å²) in [5.74, 6) is 0.524. The first-order chi connectivity index (χ1) is 10.0. The van der Waals surface area contributed by atoms with Gasteiger partial charge < -0.3 is 14.5 Å². The molecule has 1 aliphatic carbocycles. The summed E-state index contributed by atoms with van der Waals surface area (Å²) in [5, 5.41) is 0. The molecule has 2 saturated heterocycles. The van der Waals surface area contributed by atoms with Crippen molar-refractivity contribution in [2.24, 2.45) is 5.92 Å². The minimum atomic E-state index is -0.788.